The SMILES string of the molecule is Cc1ccc(OC(C)C(=O)Nc2ccc3c(c2)CCN3C(=O)c2ccoc2)c(Br)c1. The number of fused-ring (bicyclic) bond motifs is 1. The van der Waals surface area contributed by atoms with E-state index in [0.717, 1.165) is 27.7 Å². The predicted octanol–water partition coefficient (Wildman–Crippen LogP) is 4.96. The lowest BCUT2D eigenvalue weighted by atomic mass is 10.1. The van der Waals surface area contributed by atoms with Crippen molar-refractivity contribution in [2.75, 3.05) is 16.8 Å². The van der Waals surface area contributed by atoms with Crippen LogP contribution in [0.3, 0.4) is 0 Å². The first-order valence-corrected chi connectivity index (χ1v) is 10.4. The predicted molar refractivity (Wildman–Crippen MR) is 118 cm³/mol. The Kier molecular flexibility index (Phi) is 5.63. The van der Waals surface area contributed by atoms with Gasteiger partial charge in [-0.3, -0.25) is 9.59 Å². The number of furan rings is 1. The van der Waals surface area contributed by atoms with Gasteiger partial charge in [0.2, 0.25) is 0 Å². The zero-order chi connectivity index (χ0) is 21.3. The van der Waals surface area contributed by atoms with Crippen molar-refractivity contribution in [2.24, 2.45) is 0 Å². The van der Waals surface area contributed by atoms with Gasteiger partial charge in [0.15, 0.2) is 6.10 Å². The standard InChI is InChI=1S/C23H21BrN2O4/c1-14-3-6-21(19(24)11-14)30-15(2)22(27)25-18-4-5-20-16(12-18)7-9-26(20)23(28)17-8-10-29-13-17/h3-6,8,10-13,15H,7,9H2,1-2H3,(H,25,27). The fourth-order valence-electron chi connectivity index (χ4n) is 3.42. The number of anilines is 2. The van der Waals surface area contributed by atoms with Gasteiger partial charge in [-0.25, -0.2) is 0 Å². The van der Waals surface area contributed by atoms with Crippen molar-refractivity contribution in [3.63, 3.8) is 0 Å². The van der Waals surface area contributed by atoms with Crippen LogP contribution in [0.4, 0.5) is 11.4 Å². The minimum Gasteiger partial charge on any atom is -0.480 e. The van der Waals surface area contributed by atoms with Crippen LogP contribution in [0.1, 0.15) is 28.4 Å². The van der Waals surface area contributed by atoms with Gasteiger partial charge in [0, 0.05) is 17.9 Å². The monoisotopic (exact) mass is 468 g/mol. The lowest BCUT2D eigenvalue weighted by Gasteiger charge is -2.18. The molecular weight excluding hydrogens is 448 g/mol. The number of nitrogens with zero attached hydrogens (tertiary/aromatic N) is 1. The lowest BCUT2D eigenvalue weighted by molar-refractivity contribution is -0.122. The summed E-state index contributed by atoms with van der Waals surface area (Å²) in [4.78, 5) is 26.9. The summed E-state index contributed by atoms with van der Waals surface area (Å²) in [7, 11) is 0. The van der Waals surface area contributed by atoms with Gasteiger partial charge in [-0.15, -0.1) is 0 Å². The Morgan fingerprint density at radius 3 is 2.77 bits per heavy atom. The van der Waals surface area contributed by atoms with Crippen LogP contribution in [0.2, 0.25) is 0 Å². The minimum absolute atomic E-state index is 0.0926. The summed E-state index contributed by atoms with van der Waals surface area (Å²) in [6.07, 6.45) is 2.99. The number of carbonyl (C=O) groups is 2. The van der Waals surface area contributed by atoms with Crippen molar-refractivity contribution in [1.29, 1.82) is 0 Å². The Bertz CT molecular complexity index is 1090. The maximum Gasteiger partial charge on any atom is 0.265 e. The minimum atomic E-state index is -0.670. The summed E-state index contributed by atoms with van der Waals surface area (Å²) in [6.45, 7) is 4.29. The van der Waals surface area contributed by atoms with Crippen LogP contribution in [0, 0.1) is 6.92 Å². The van der Waals surface area contributed by atoms with E-state index in [-0.39, 0.29) is 11.8 Å². The second kappa shape index (κ2) is 8.36. The first-order chi connectivity index (χ1) is 14.4. The molecule has 3 aromatic rings. The van der Waals surface area contributed by atoms with Crippen molar-refractivity contribution >= 4 is 39.1 Å². The van der Waals surface area contributed by atoms with Crippen LogP contribution < -0.4 is 15.0 Å². The number of ether oxygens (including phenoxy) is 1. The van der Waals surface area contributed by atoms with Gasteiger partial charge in [-0.2, -0.15) is 0 Å². The van der Waals surface area contributed by atoms with E-state index in [2.05, 4.69) is 21.2 Å². The molecule has 1 aliphatic heterocycles. The molecule has 2 amide bonds. The Morgan fingerprint density at radius 1 is 1.20 bits per heavy atom. The summed E-state index contributed by atoms with van der Waals surface area (Å²) < 4.78 is 11.6. The summed E-state index contributed by atoms with van der Waals surface area (Å²) in [5.74, 6) is 0.280. The Morgan fingerprint density at radius 2 is 2.03 bits per heavy atom. The molecule has 0 saturated heterocycles. The van der Waals surface area contributed by atoms with E-state index in [4.69, 9.17) is 9.15 Å². The molecule has 7 heteroatoms. The van der Waals surface area contributed by atoms with Crippen LogP contribution >= 0.6 is 15.9 Å². The topological polar surface area (TPSA) is 71.8 Å². The third-order valence-corrected chi connectivity index (χ3v) is 5.64. The molecule has 1 N–H and O–H groups in total. The molecular formula is C23H21BrN2O4. The van der Waals surface area contributed by atoms with Crippen molar-refractivity contribution in [3.8, 4) is 5.75 Å². The van der Waals surface area contributed by atoms with Gasteiger partial charge < -0.3 is 19.4 Å². The fourth-order valence-corrected chi connectivity index (χ4v) is 4.01. The highest BCUT2D eigenvalue weighted by Gasteiger charge is 2.26. The molecule has 1 aliphatic rings. The van der Waals surface area contributed by atoms with Crippen molar-refractivity contribution in [2.45, 2.75) is 26.4 Å². The van der Waals surface area contributed by atoms with Crippen molar-refractivity contribution in [1.82, 2.24) is 0 Å². The molecule has 0 fully saturated rings. The fraction of sp³-hybridized carbons (Fsp3) is 0.217. The van der Waals surface area contributed by atoms with E-state index in [1.165, 1.54) is 12.5 Å². The van der Waals surface area contributed by atoms with E-state index >= 15 is 0 Å². The van der Waals surface area contributed by atoms with Gasteiger partial charge in [0.05, 0.1) is 16.3 Å². The third-order valence-electron chi connectivity index (χ3n) is 5.02. The molecule has 0 spiro atoms. The zero-order valence-electron chi connectivity index (χ0n) is 16.6. The maximum atomic E-state index is 12.6. The molecule has 0 radical (unpaired) electrons. The normalized spacial score (nSPS) is 13.6. The third kappa shape index (κ3) is 4.11. The Labute approximate surface area is 183 Å². The number of carbonyl (C=O) groups excluding carboxylic acids is 2. The van der Waals surface area contributed by atoms with Crippen LogP contribution in [-0.2, 0) is 11.2 Å². The highest BCUT2D eigenvalue weighted by molar-refractivity contribution is 9.10. The summed E-state index contributed by atoms with van der Waals surface area (Å²) >= 11 is 3.46. The first kappa shape index (κ1) is 20.2. The average Bonchev–Trinajstić information content (AvgIpc) is 3.39. The number of hydrogen-bond acceptors (Lipinski definition) is 4. The molecule has 1 unspecified atom stereocenters. The number of rotatable bonds is 5. The molecule has 2 aromatic carbocycles. The molecule has 2 heterocycles. The number of benzene rings is 2. The molecule has 30 heavy (non-hydrogen) atoms. The smallest absolute Gasteiger partial charge is 0.265 e. The van der Waals surface area contributed by atoms with Gasteiger partial charge >= 0.3 is 0 Å². The van der Waals surface area contributed by atoms with Crippen molar-refractivity contribution < 1.29 is 18.7 Å². The van der Waals surface area contributed by atoms with Gasteiger partial charge in [0.25, 0.3) is 11.8 Å². The van der Waals surface area contributed by atoms with Gasteiger partial charge in [-0.1, -0.05) is 6.07 Å². The Balaban J connectivity index is 1.43. The quantitative estimate of drug-likeness (QED) is 0.574. The second-order valence-electron chi connectivity index (χ2n) is 7.25. The molecule has 1 atom stereocenters. The van der Waals surface area contributed by atoms with Crippen LogP contribution in [0.5, 0.6) is 5.75 Å². The molecule has 1 aromatic heterocycles. The van der Waals surface area contributed by atoms with Gasteiger partial charge in [0.1, 0.15) is 12.0 Å². The number of aryl methyl sites for hydroxylation is 1. The average molecular weight is 469 g/mol. The maximum absolute atomic E-state index is 12.6. The molecule has 154 valence electrons. The van der Waals surface area contributed by atoms with E-state index in [9.17, 15) is 9.59 Å². The number of amides is 2. The van der Waals surface area contributed by atoms with Crippen LogP contribution in [-0.4, -0.2) is 24.5 Å². The van der Waals surface area contributed by atoms with Crippen LogP contribution in [0.15, 0.2) is 63.9 Å². The summed E-state index contributed by atoms with van der Waals surface area (Å²) in [5, 5.41) is 2.90. The van der Waals surface area contributed by atoms with Crippen LogP contribution in [0.25, 0.3) is 0 Å². The van der Waals surface area contributed by atoms with Gasteiger partial charge in [-0.05, 0) is 83.7 Å². The highest BCUT2D eigenvalue weighted by Crippen LogP contribution is 2.32. The number of halogens is 1. The summed E-state index contributed by atoms with van der Waals surface area (Å²) in [6, 6.07) is 12.9. The number of nitrogens with one attached hydrogen (secondary N) is 1. The number of hydrogen-bond donors (Lipinski definition) is 1. The lowest BCUT2D eigenvalue weighted by Crippen LogP contribution is -2.30. The zero-order valence-corrected chi connectivity index (χ0v) is 18.2. The Hall–Kier alpha value is -3.06. The van der Waals surface area contributed by atoms with E-state index < -0.39 is 6.10 Å². The highest BCUT2D eigenvalue weighted by atomic mass is 79.9. The van der Waals surface area contributed by atoms with Crippen molar-refractivity contribution in [3.05, 3.63) is 76.2 Å². The molecule has 0 bridgehead atoms. The molecule has 6 nitrogen and oxygen atoms in total. The molecule has 0 aliphatic carbocycles. The van der Waals surface area contributed by atoms with E-state index in [0.29, 0.717) is 23.5 Å². The summed E-state index contributed by atoms with van der Waals surface area (Å²) in [5.41, 5.74) is 4.17. The van der Waals surface area contributed by atoms with E-state index in [1.807, 2.05) is 37.3 Å². The largest absolute Gasteiger partial charge is 0.480 e. The molecule has 0 saturated carbocycles. The van der Waals surface area contributed by atoms with E-state index in [1.54, 1.807) is 24.0 Å². The molecule has 4 rings (SSSR count). The first-order valence-electron chi connectivity index (χ1n) is 9.63. The second-order valence-corrected chi connectivity index (χ2v) is 8.10.